The number of carbonyl (C=O) groups is 2. The minimum absolute atomic E-state index is 0.0449. The number of benzene rings is 2. The molecule has 0 aliphatic rings. The second kappa shape index (κ2) is 9.48. The van der Waals surface area contributed by atoms with Crippen molar-refractivity contribution in [3.63, 3.8) is 0 Å². The summed E-state index contributed by atoms with van der Waals surface area (Å²) in [5, 5.41) is 10.8. The number of carbonyl (C=O) groups excluding carboxylic acids is 2. The van der Waals surface area contributed by atoms with Crippen molar-refractivity contribution in [3.8, 4) is 5.75 Å². The van der Waals surface area contributed by atoms with Gasteiger partial charge in [-0.15, -0.1) is 0 Å². The number of aliphatic hydroxyl groups is 1. The fourth-order valence-electron chi connectivity index (χ4n) is 2.39. The molecule has 6 nitrogen and oxygen atoms in total. The Hall–Kier alpha value is -2.28. The topological polar surface area (TPSA) is 76.1 Å². The van der Waals surface area contributed by atoms with Crippen LogP contribution in [0, 0.1) is 0 Å². The van der Waals surface area contributed by atoms with Gasteiger partial charge in [0.15, 0.2) is 0 Å². The van der Waals surface area contributed by atoms with E-state index in [2.05, 4.69) is 0 Å². The molecular weight excluding hydrogens is 417 g/mol. The lowest BCUT2D eigenvalue weighted by Crippen LogP contribution is -2.36. The second-order valence-corrected chi connectivity index (χ2v) is 8.25. The molecule has 0 radical (unpaired) electrons. The van der Waals surface area contributed by atoms with E-state index in [1.54, 1.807) is 58.2 Å². The fourth-order valence-corrected chi connectivity index (χ4v) is 2.94. The smallest absolute Gasteiger partial charge is 0.410 e. The highest BCUT2D eigenvalue weighted by atomic mass is 35.5. The number of aliphatic hydroxyl groups excluding tert-OH is 1. The Kier molecular flexibility index (Phi) is 7.52. The normalized spacial score (nSPS) is 12.2. The fraction of sp³-hybridized carbons (Fsp3) is 0.333. The summed E-state index contributed by atoms with van der Waals surface area (Å²) in [7, 11) is 1.54. The van der Waals surface area contributed by atoms with Crippen molar-refractivity contribution in [3.05, 3.63) is 63.6 Å². The number of likely N-dealkylation sites (N-methyl/N-ethyl adjacent to an activating group) is 1. The first-order valence-electron chi connectivity index (χ1n) is 8.86. The SMILES string of the molecule is CN(CC(O)c1ccc(OC(=O)c2c(Cl)cccc2Cl)cc1)C(=O)OC(C)(C)C. The van der Waals surface area contributed by atoms with Crippen molar-refractivity contribution in [2.75, 3.05) is 13.6 Å². The molecule has 2 rings (SSSR count). The Morgan fingerprint density at radius 2 is 1.62 bits per heavy atom. The van der Waals surface area contributed by atoms with Gasteiger partial charge in [0.05, 0.1) is 28.3 Å². The van der Waals surface area contributed by atoms with Crippen LogP contribution in [-0.2, 0) is 4.74 Å². The highest BCUT2D eigenvalue weighted by molar-refractivity contribution is 6.39. The van der Waals surface area contributed by atoms with Gasteiger partial charge in [-0.2, -0.15) is 0 Å². The van der Waals surface area contributed by atoms with Gasteiger partial charge in [0, 0.05) is 7.05 Å². The van der Waals surface area contributed by atoms with E-state index in [-0.39, 0.29) is 27.9 Å². The molecule has 0 heterocycles. The minimum atomic E-state index is -0.935. The van der Waals surface area contributed by atoms with Crippen LogP contribution in [0.1, 0.15) is 42.8 Å². The molecule has 2 aromatic carbocycles. The highest BCUT2D eigenvalue weighted by Crippen LogP contribution is 2.26. The van der Waals surface area contributed by atoms with Gasteiger partial charge in [-0.3, -0.25) is 0 Å². The monoisotopic (exact) mass is 439 g/mol. The first kappa shape index (κ1) is 23.0. The van der Waals surface area contributed by atoms with Gasteiger partial charge in [-0.05, 0) is 50.6 Å². The average molecular weight is 440 g/mol. The number of amides is 1. The van der Waals surface area contributed by atoms with Crippen LogP contribution in [0.3, 0.4) is 0 Å². The zero-order chi connectivity index (χ0) is 21.8. The summed E-state index contributed by atoms with van der Waals surface area (Å²) in [5.74, 6) is -0.416. The molecule has 1 N–H and O–H groups in total. The first-order chi connectivity index (χ1) is 13.5. The molecule has 1 atom stereocenters. The molecule has 156 valence electrons. The predicted octanol–water partition coefficient (Wildman–Crippen LogP) is 5.11. The molecule has 0 spiro atoms. The highest BCUT2D eigenvalue weighted by Gasteiger charge is 2.22. The van der Waals surface area contributed by atoms with Gasteiger partial charge in [0.2, 0.25) is 0 Å². The number of hydrogen-bond acceptors (Lipinski definition) is 5. The third-order valence-electron chi connectivity index (χ3n) is 3.79. The maximum atomic E-state index is 12.3. The van der Waals surface area contributed by atoms with Crippen LogP contribution < -0.4 is 4.74 Å². The molecule has 0 aliphatic carbocycles. The van der Waals surface area contributed by atoms with E-state index in [0.717, 1.165) is 0 Å². The van der Waals surface area contributed by atoms with Crippen molar-refractivity contribution < 1.29 is 24.2 Å². The second-order valence-electron chi connectivity index (χ2n) is 7.43. The lowest BCUT2D eigenvalue weighted by atomic mass is 10.1. The van der Waals surface area contributed by atoms with Crippen LogP contribution in [0.4, 0.5) is 4.79 Å². The number of nitrogens with zero attached hydrogens (tertiary/aromatic N) is 1. The molecule has 29 heavy (non-hydrogen) atoms. The van der Waals surface area contributed by atoms with Gasteiger partial charge in [-0.25, -0.2) is 9.59 Å². The van der Waals surface area contributed by atoms with Crippen LogP contribution in [0.15, 0.2) is 42.5 Å². The van der Waals surface area contributed by atoms with E-state index in [1.807, 2.05) is 0 Å². The number of ether oxygens (including phenoxy) is 2. The van der Waals surface area contributed by atoms with Crippen molar-refractivity contribution >= 4 is 35.3 Å². The third kappa shape index (κ3) is 6.63. The Morgan fingerprint density at radius 1 is 1.07 bits per heavy atom. The molecule has 0 aromatic heterocycles. The van der Waals surface area contributed by atoms with Crippen LogP contribution in [0.5, 0.6) is 5.75 Å². The van der Waals surface area contributed by atoms with Crippen LogP contribution >= 0.6 is 23.2 Å². The van der Waals surface area contributed by atoms with E-state index in [9.17, 15) is 14.7 Å². The molecule has 1 amide bonds. The van der Waals surface area contributed by atoms with Crippen LogP contribution in [0.25, 0.3) is 0 Å². The van der Waals surface area contributed by atoms with E-state index in [4.69, 9.17) is 32.7 Å². The number of esters is 1. The Labute approximate surface area is 179 Å². The number of hydrogen-bond donors (Lipinski definition) is 1. The molecule has 2 aromatic rings. The predicted molar refractivity (Wildman–Crippen MR) is 112 cm³/mol. The Balaban J connectivity index is 2.00. The lowest BCUT2D eigenvalue weighted by Gasteiger charge is -2.26. The third-order valence-corrected chi connectivity index (χ3v) is 4.42. The largest absolute Gasteiger partial charge is 0.444 e. The van der Waals surface area contributed by atoms with E-state index in [0.29, 0.717) is 5.56 Å². The first-order valence-corrected chi connectivity index (χ1v) is 9.62. The Morgan fingerprint density at radius 3 is 2.14 bits per heavy atom. The molecule has 8 heteroatoms. The molecule has 0 saturated heterocycles. The Bertz CT molecular complexity index is 857. The summed E-state index contributed by atoms with van der Waals surface area (Å²) < 4.78 is 10.6. The summed E-state index contributed by atoms with van der Waals surface area (Å²) in [6, 6.07) is 11.0. The van der Waals surface area contributed by atoms with Crippen LogP contribution in [0.2, 0.25) is 10.0 Å². The van der Waals surface area contributed by atoms with E-state index >= 15 is 0 Å². The van der Waals surface area contributed by atoms with E-state index in [1.165, 1.54) is 17.0 Å². The standard InChI is InChI=1S/C21H23Cl2NO5/c1-21(2,3)29-20(27)24(4)12-17(25)13-8-10-14(11-9-13)28-19(26)18-15(22)6-5-7-16(18)23/h5-11,17,25H,12H2,1-4H3. The number of rotatable bonds is 5. The maximum absolute atomic E-state index is 12.3. The minimum Gasteiger partial charge on any atom is -0.444 e. The summed E-state index contributed by atoms with van der Waals surface area (Å²) in [4.78, 5) is 25.6. The molecular formula is C21H23Cl2NO5. The molecule has 0 aliphatic heterocycles. The van der Waals surface area contributed by atoms with E-state index < -0.39 is 23.8 Å². The molecule has 0 bridgehead atoms. The quantitative estimate of drug-likeness (QED) is 0.517. The zero-order valence-electron chi connectivity index (χ0n) is 16.6. The van der Waals surface area contributed by atoms with Crippen molar-refractivity contribution in [2.24, 2.45) is 0 Å². The zero-order valence-corrected chi connectivity index (χ0v) is 18.1. The summed E-state index contributed by atoms with van der Waals surface area (Å²) >= 11 is 12.0. The van der Waals surface area contributed by atoms with Gasteiger partial charge in [-0.1, -0.05) is 41.4 Å². The van der Waals surface area contributed by atoms with Crippen molar-refractivity contribution in [2.45, 2.75) is 32.5 Å². The average Bonchev–Trinajstić information content (AvgIpc) is 2.60. The number of halogens is 2. The molecule has 0 saturated carbocycles. The van der Waals surface area contributed by atoms with Gasteiger partial charge >= 0.3 is 12.1 Å². The van der Waals surface area contributed by atoms with Gasteiger partial charge < -0.3 is 19.5 Å². The maximum Gasteiger partial charge on any atom is 0.410 e. The molecule has 0 fully saturated rings. The molecule has 1 unspecified atom stereocenters. The summed E-state index contributed by atoms with van der Waals surface area (Å²) in [6.07, 6.45) is -1.46. The summed E-state index contributed by atoms with van der Waals surface area (Å²) in [5.41, 5.74) is 0.0155. The van der Waals surface area contributed by atoms with Gasteiger partial charge in [0.1, 0.15) is 11.4 Å². The van der Waals surface area contributed by atoms with Crippen LogP contribution in [-0.4, -0.2) is 41.3 Å². The van der Waals surface area contributed by atoms with Crippen molar-refractivity contribution in [1.82, 2.24) is 4.90 Å². The summed E-state index contributed by atoms with van der Waals surface area (Å²) in [6.45, 7) is 5.35. The van der Waals surface area contributed by atoms with Gasteiger partial charge in [0.25, 0.3) is 0 Å². The lowest BCUT2D eigenvalue weighted by molar-refractivity contribution is 0.0205. The van der Waals surface area contributed by atoms with Crippen molar-refractivity contribution in [1.29, 1.82) is 0 Å².